The molecule has 0 fully saturated rings. The van der Waals surface area contributed by atoms with Crippen molar-refractivity contribution in [3.63, 3.8) is 0 Å². The van der Waals surface area contributed by atoms with Crippen molar-refractivity contribution >= 4 is 11.9 Å². The monoisotopic (exact) mass is 794 g/mol. The third-order valence-electron chi connectivity index (χ3n) is 11.9. The first-order valence-electron chi connectivity index (χ1n) is 24.7. The van der Waals surface area contributed by atoms with Gasteiger partial charge in [0.1, 0.15) is 6.10 Å². The van der Waals surface area contributed by atoms with E-state index in [4.69, 9.17) is 9.47 Å². The molecular formula is C50H99NO5. The van der Waals surface area contributed by atoms with Crippen molar-refractivity contribution in [2.24, 2.45) is 10.8 Å². The standard InChI is InChI=1S/C50H99NO5/c1-8-11-14-17-20-27-36-46(37-28-21-18-15-12-9-2)56-48(54)50(6,7)40-31-24-26-33-42-51(43-34-35-44-52)41-32-25-23-30-39-49(4,5)45-55-47(53)38-29-22-19-16-13-10-3/h46,52H,8-45H2,1-7H3. The molecule has 0 aromatic heterocycles. The molecule has 0 spiro atoms. The minimum Gasteiger partial charge on any atom is -0.465 e. The van der Waals surface area contributed by atoms with Crippen LogP contribution >= 0.6 is 0 Å². The first-order valence-corrected chi connectivity index (χ1v) is 24.7. The smallest absolute Gasteiger partial charge is 0.311 e. The number of esters is 2. The summed E-state index contributed by atoms with van der Waals surface area (Å²) in [7, 11) is 0. The van der Waals surface area contributed by atoms with E-state index < -0.39 is 5.41 Å². The molecule has 334 valence electrons. The topological polar surface area (TPSA) is 76.1 Å². The maximum Gasteiger partial charge on any atom is 0.311 e. The summed E-state index contributed by atoms with van der Waals surface area (Å²) in [5.74, 6) is -0.0138. The SMILES string of the molecule is CCCCCCCCC(=O)OCC(C)(C)CCCCCCN(CCCCO)CCCCCCC(C)(C)C(=O)OC(CCCCCCCC)CCCCCCCC. The van der Waals surface area contributed by atoms with E-state index in [1.165, 1.54) is 141 Å². The lowest BCUT2D eigenvalue weighted by atomic mass is 9.86. The van der Waals surface area contributed by atoms with E-state index in [-0.39, 0.29) is 30.1 Å². The predicted molar refractivity (Wildman–Crippen MR) is 241 cm³/mol. The number of hydrogen-bond acceptors (Lipinski definition) is 6. The summed E-state index contributed by atoms with van der Waals surface area (Å²) >= 11 is 0. The second-order valence-electron chi connectivity index (χ2n) is 19.0. The molecule has 0 amide bonds. The molecule has 0 aromatic rings. The highest BCUT2D eigenvalue weighted by molar-refractivity contribution is 5.76. The predicted octanol–water partition coefficient (Wildman–Crippen LogP) is 14.7. The van der Waals surface area contributed by atoms with Crippen LogP contribution in [0.15, 0.2) is 0 Å². The number of carbonyl (C=O) groups excluding carboxylic acids is 2. The third kappa shape index (κ3) is 34.9. The molecule has 0 bridgehead atoms. The van der Waals surface area contributed by atoms with Crippen LogP contribution in [0.1, 0.15) is 260 Å². The van der Waals surface area contributed by atoms with Crippen LogP contribution in [0.5, 0.6) is 0 Å². The number of aliphatic hydroxyl groups excluding tert-OH is 1. The van der Waals surface area contributed by atoms with E-state index in [9.17, 15) is 14.7 Å². The Labute approximate surface area is 350 Å². The molecule has 0 aliphatic heterocycles. The Bertz CT molecular complexity index is 858. The molecule has 6 nitrogen and oxygen atoms in total. The third-order valence-corrected chi connectivity index (χ3v) is 11.9. The molecule has 6 heteroatoms. The number of nitrogens with zero attached hydrogens (tertiary/aromatic N) is 1. The van der Waals surface area contributed by atoms with Crippen LogP contribution in [-0.2, 0) is 19.1 Å². The van der Waals surface area contributed by atoms with Crippen LogP contribution in [0.25, 0.3) is 0 Å². The lowest BCUT2D eigenvalue weighted by molar-refractivity contribution is -0.161. The number of hydrogen-bond donors (Lipinski definition) is 1. The molecule has 56 heavy (non-hydrogen) atoms. The van der Waals surface area contributed by atoms with Gasteiger partial charge in [-0.1, -0.05) is 169 Å². The van der Waals surface area contributed by atoms with Crippen LogP contribution in [-0.4, -0.2) is 60.9 Å². The van der Waals surface area contributed by atoms with E-state index in [1.54, 1.807) is 0 Å². The Kier molecular flexibility index (Phi) is 37.3. The molecule has 0 aliphatic rings. The first-order chi connectivity index (χ1) is 27.0. The van der Waals surface area contributed by atoms with Gasteiger partial charge in [0.2, 0.25) is 0 Å². The minimum atomic E-state index is -0.427. The Balaban J connectivity index is 4.46. The van der Waals surface area contributed by atoms with Gasteiger partial charge < -0.3 is 19.5 Å². The highest BCUT2D eigenvalue weighted by Crippen LogP contribution is 2.29. The molecule has 0 aromatic carbocycles. The summed E-state index contributed by atoms with van der Waals surface area (Å²) < 4.78 is 11.9. The molecule has 0 rings (SSSR count). The van der Waals surface area contributed by atoms with Crippen LogP contribution in [0, 0.1) is 10.8 Å². The summed E-state index contributed by atoms with van der Waals surface area (Å²) in [6.45, 7) is 19.5. The zero-order valence-corrected chi connectivity index (χ0v) is 39.0. The molecule has 0 saturated heterocycles. The van der Waals surface area contributed by atoms with Gasteiger partial charge in [-0.15, -0.1) is 0 Å². The van der Waals surface area contributed by atoms with Gasteiger partial charge in [-0.3, -0.25) is 9.59 Å². The van der Waals surface area contributed by atoms with Crippen LogP contribution in [0.2, 0.25) is 0 Å². The molecule has 0 unspecified atom stereocenters. The van der Waals surface area contributed by atoms with Crippen LogP contribution in [0.3, 0.4) is 0 Å². The van der Waals surface area contributed by atoms with E-state index in [1.807, 2.05) is 0 Å². The summed E-state index contributed by atoms with van der Waals surface area (Å²) in [5, 5.41) is 9.36. The van der Waals surface area contributed by atoms with Gasteiger partial charge in [0, 0.05) is 13.0 Å². The number of rotatable bonds is 43. The Morgan fingerprint density at radius 1 is 0.518 bits per heavy atom. The minimum absolute atomic E-state index is 0.0142. The van der Waals surface area contributed by atoms with Crippen LogP contribution < -0.4 is 0 Å². The second-order valence-corrected chi connectivity index (χ2v) is 19.0. The highest BCUT2D eigenvalue weighted by Gasteiger charge is 2.31. The van der Waals surface area contributed by atoms with Gasteiger partial charge in [-0.25, -0.2) is 0 Å². The summed E-state index contributed by atoms with van der Waals surface area (Å²) in [5.41, 5.74) is -0.394. The average molecular weight is 794 g/mol. The van der Waals surface area contributed by atoms with Crippen LogP contribution in [0.4, 0.5) is 0 Å². The molecule has 0 heterocycles. The van der Waals surface area contributed by atoms with Gasteiger partial charge >= 0.3 is 11.9 Å². The highest BCUT2D eigenvalue weighted by atomic mass is 16.5. The van der Waals surface area contributed by atoms with E-state index in [0.29, 0.717) is 13.0 Å². The zero-order valence-electron chi connectivity index (χ0n) is 39.0. The molecule has 1 N–H and O–H groups in total. The number of unbranched alkanes of at least 4 members (excludes halogenated alkanes) is 22. The number of carbonyl (C=O) groups is 2. The van der Waals surface area contributed by atoms with Crippen molar-refractivity contribution < 1.29 is 24.2 Å². The lowest BCUT2D eigenvalue weighted by Gasteiger charge is -2.27. The largest absolute Gasteiger partial charge is 0.465 e. The van der Waals surface area contributed by atoms with Crippen molar-refractivity contribution in [1.29, 1.82) is 0 Å². The average Bonchev–Trinajstić information content (AvgIpc) is 3.17. The molecule has 0 aliphatic carbocycles. The van der Waals surface area contributed by atoms with Crippen molar-refractivity contribution in [2.45, 2.75) is 266 Å². The lowest BCUT2D eigenvalue weighted by Crippen LogP contribution is -2.31. The van der Waals surface area contributed by atoms with E-state index >= 15 is 0 Å². The van der Waals surface area contributed by atoms with E-state index in [2.05, 4.69) is 53.4 Å². The maximum atomic E-state index is 13.4. The quantitative estimate of drug-likeness (QED) is 0.0489. The van der Waals surface area contributed by atoms with Gasteiger partial charge in [-0.05, 0) is 110 Å². The maximum absolute atomic E-state index is 13.4. The van der Waals surface area contributed by atoms with Gasteiger partial charge in [0.25, 0.3) is 0 Å². The fourth-order valence-electron chi connectivity index (χ4n) is 7.78. The molecule has 0 radical (unpaired) electrons. The van der Waals surface area contributed by atoms with E-state index in [0.717, 1.165) is 83.8 Å². The first kappa shape index (κ1) is 54.9. The zero-order chi connectivity index (χ0) is 41.6. The Morgan fingerprint density at radius 3 is 1.43 bits per heavy atom. The molecule has 0 saturated carbocycles. The van der Waals surface area contributed by atoms with Gasteiger partial charge in [0.15, 0.2) is 0 Å². The van der Waals surface area contributed by atoms with Crippen molar-refractivity contribution in [3.8, 4) is 0 Å². The van der Waals surface area contributed by atoms with Crippen molar-refractivity contribution in [2.75, 3.05) is 32.8 Å². The second kappa shape index (κ2) is 38.1. The summed E-state index contributed by atoms with van der Waals surface area (Å²) in [6, 6.07) is 0. The summed E-state index contributed by atoms with van der Waals surface area (Å²) in [6.07, 6.45) is 38.5. The fraction of sp³-hybridized carbons (Fsp3) is 0.960. The van der Waals surface area contributed by atoms with Crippen molar-refractivity contribution in [3.05, 3.63) is 0 Å². The summed E-state index contributed by atoms with van der Waals surface area (Å²) in [4.78, 5) is 28.3. The normalized spacial score (nSPS) is 12.2. The van der Waals surface area contributed by atoms with Gasteiger partial charge in [0.05, 0.1) is 12.0 Å². The van der Waals surface area contributed by atoms with Crippen molar-refractivity contribution in [1.82, 2.24) is 4.90 Å². The Hall–Kier alpha value is -1.14. The number of ether oxygens (including phenoxy) is 2. The molecule has 0 atom stereocenters. The number of aliphatic hydroxyl groups is 1. The van der Waals surface area contributed by atoms with Gasteiger partial charge in [-0.2, -0.15) is 0 Å². The Morgan fingerprint density at radius 2 is 0.929 bits per heavy atom. The fourth-order valence-corrected chi connectivity index (χ4v) is 7.78. The molecular weight excluding hydrogens is 695 g/mol.